The number of nitrogens with zero attached hydrogens (tertiary/aromatic N) is 4. The first kappa shape index (κ1) is 14.6. The second-order valence-electron chi connectivity index (χ2n) is 6.66. The van der Waals surface area contributed by atoms with Crippen molar-refractivity contribution in [3.63, 3.8) is 0 Å². The van der Waals surface area contributed by atoms with Gasteiger partial charge in [-0.25, -0.2) is 0 Å². The van der Waals surface area contributed by atoms with E-state index in [4.69, 9.17) is 0 Å². The van der Waals surface area contributed by atoms with E-state index in [2.05, 4.69) is 27.4 Å². The van der Waals surface area contributed by atoms with Gasteiger partial charge in [0.15, 0.2) is 5.82 Å². The van der Waals surface area contributed by atoms with Crippen molar-refractivity contribution in [1.29, 1.82) is 0 Å². The Morgan fingerprint density at radius 2 is 2.17 bits per heavy atom. The van der Waals surface area contributed by atoms with Gasteiger partial charge in [-0.2, -0.15) is 16.4 Å². The molecule has 4 rings (SSSR count). The van der Waals surface area contributed by atoms with Crippen molar-refractivity contribution in [3.8, 4) is 0 Å². The molecule has 23 heavy (non-hydrogen) atoms. The summed E-state index contributed by atoms with van der Waals surface area (Å²) >= 11 is 1.64. The second kappa shape index (κ2) is 5.30. The Bertz CT molecular complexity index is 715. The van der Waals surface area contributed by atoms with Crippen LogP contribution in [0.1, 0.15) is 19.0 Å². The monoisotopic (exact) mass is 328 g/mol. The average molecular weight is 328 g/mol. The number of thiophene rings is 1. The lowest BCUT2D eigenvalue weighted by Gasteiger charge is -2.26. The summed E-state index contributed by atoms with van der Waals surface area (Å²) in [5.41, 5.74) is 1.67. The van der Waals surface area contributed by atoms with Crippen molar-refractivity contribution in [1.82, 2.24) is 10.2 Å². The number of amides is 1. The zero-order chi connectivity index (χ0) is 16.0. The van der Waals surface area contributed by atoms with Gasteiger partial charge in [0.1, 0.15) is 0 Å². The van der Waals surface area contributed by atoms with E-state index in [9.17, 15) is 4.79 Å². The minimum absolute atomic E-state index is 0.269. The summed E-state index contributed by atoms with van der Waals surface area (Å²) in [4.78, 5) is 17.3. The Kier molecular flexibility index (Phi) is 3.37. The maximum Gasteiger partial charge on any atom is 0.235 e. The highest BCUT2D eigenvalue weighted by atomic mass is 32.1. The van der Waals surface area contributed by atoms with Crippen LogP contribution in [0.5, 0.6) is 0 Å². The fourth-order valence-electron chi connectivity index (χ4n) is 3.85. The molecule has 0 aliphatic carbocycles. The fourth-order valence-corrected chi connectivity index (χ4v) is 4.49. The first-order valence-electron chi connectivity index (χ1n) is 7.99. The van der Waals surface area contributed by atoms with Gasteiger partial charge in [0.25, 0.3) is 0 Å². The van der Waals surface area contributed by atoms with Crippen LogP contribution in [0.15, 0.2) is 29.0 Å². The van der Waals surface area contributed by atoms with Gasteiger partial charge >= 0.3 is 0 Å². The molecule has 0 saturated carbocycles. The van der Waals surface area contributed by atoms with Gasteiger partial charge in [0, 0.05) is 25.0 Å². The van der Waals surface area contributed by atoms with Crippen molar-refractivity contribution in [2.75, 3.05) is 29.4 Å². The quantitative estimate of drug-likeness (QED) is 0.850. The summed E-state index contributed by atoms with van der Waals surface area (Å²) in [5.74, 6) is 1.47. The van der Waals surface area contributed by atoms with E-state index in [1.54, 1.807) is 11.3 Å². The van der Waals surface area contributed by atoms with Gasteiger partial charge in [0.05, 0.1) is 16.8 Å². The standard InChI is InChI=1S/C17H20N4OS/c1-12-9-20(15-4-3-13(2)18-19-15)11-17(12)6-7-21(16(17)22)14-5-8-23-10-14/h3-5,8,10,12H,6-7,9,11H2,1-2H3/t12-,17-/m1/s1. The number of anilines is 2. The van der Waals surface area contributed by atoms with Crippen LogP contribution in [0, 0.1) is 18.3 Å². The molecule has 0 N–H and O–H groups in total. The van der Waals surface area contributed by atoms with E-state index >= 15 is 0 Å². The zero-order valence-electron chi connectivity index (χ0n) is 13.4. The third-order valence-corrected chi connectivity index (χ3v) is 5.96. The minimum Gasteiger partial charge on any atom is -0.354 e. The first-order valence-corrected chi connectivity index (χ1v) is 8.94. The summed E-state index contributed by atoms with van der Waals surface area (Å²) in [7, 11) is 0. The topological polar surface area (TPSA) is 49.3 Å². The van der Waals surface area contributed by atoms with Crippen LogP contribution in [-0.2, 0) is 4.79 Å². The van der Waals surface area contributed by atoms with E-state index in [0.29, 0.717) is 5.92 Å². The molecule has 1 spiro atoms. The third-order valence-electron chi connectivity index (χ3n) is 5.29. The van der Waals surface area contributed by atoms with Crippen molar-refractivity contribution >= 4 is 28.7 Å². The lowest BCUT2D eigenvalue weighted by molar-refractivity contribution is -0.126. The number of aryl methyl sites for hydroxylation is 1. The summed E-state index contributed by atoms with van der Waals surface area (Å²) in [6.45, 7) is 6.54. The molecule has 2 aromatic rings. The number of aromatic nitrogens is 2. The highest BCUT2D eigenvalue weighted by Gasteiger charge is 2.55. The summed E-state index contributed by atoms with van der Waals surface area (Å²) < 4.78 is 0. The summed E-state index contributed by atoms with van der Waals surface area (Å²) in [6, 6.07) is 6.01. The summed E-state index contributed by atoms with van der Waals surface area (Å²) in [6.07, 6.45) is 0.915. The Morgan fingerprint density at radius 3 is 2.87 bits per heavy atom. The number of hydrogen-bond donors (Lipinski definition) is 0. The Labute approximate surface area is 139 Å². The van der Waals surface area contributed by atoms with E-state index < -0.39 is 0 Å². The van der Waals surface area contributed by atoms with Crippen LogP contribution in [0.3, 0.4) is 0 Å². The lowest BCUT2D eigenvalue weighted by Crippen LogP contribution is -2.39. The molecular formula is C17H20N4OS. The zero-order valence-corrected chi connectivity index (χ0v) is 14.2. The van der Waals surface area contributed by atoms with E-state index in [1.165, 1.54) is 0 Å². The van der Waals surface area contributed by atoms with E-state index in [0.717, 1.165) is 43.3 Å². The maximum atomic E-state index is 13.1. The lowest BCUT2D eigenvalue weighted by atomic mass is 9.78. The van der Waals surface area contributed by atoms with Gasteiger partial charge in [-0.3, -0.25) is 4.79 Å². The molecular weight excluding hydrogens is 308 g/mol. The van der Waals surface area contributed by atoms with Crippen LogP contribution < -0.4 is 9.80 Å². The van der Waals surface area contributed by atoms with E-state index in [1.807, 2.05) is 35.4 Å². The molecule has 2 aromatic heterocycles. The molecule has 2 aliphatic heterocycles. The Hall–Kier alpha value is -1.95. The summed E-state index contributed by atoms with van der Waals surface area (Å²) in [5, 5.41) is 12.5. The molecule has 120 valence electrons. The molecule has 5 nitrogen and oxygen atoms in total. The van der Waals surface area contributed by atoms with Crippen molar-refractivity contribution in [2.24, 2.45) is 11.3 Å². The SMILES string of the molecule is Cc1ccc(N2C[C@@H](C)[C@@]3(CCN(c4ccsc4)C3=O)C2)nn1. The predicted molar refractivity (Wildman–Crippen MR) is 91.9 cm³/mol. The van der Waals surface area contributed by atoms with Gasteiger partial charge < -0.3 is 9.80 Å². The normalized spacial score (nSPS) is 27.4. The van der Waals surface area contributed by atoms with E-state index in [-0.39, 0.29) is 11.3 Å². The molecule has 6 heteroatoms. The van der Waals surface area contributed by atoms with Crippen molar-refractivity contribution in [2.45, 2.75) is 20.3 Å². The van der Waals surface area contributed by atoms with Gasteiger partial charge in [0.2, 0.25) is 5.91 Å². The van der Waals surface area contributed by atoms with Crippen LogP contribution in [0.2, 0.25) is 0 Å². The van der Waals surface area contributed by atoms with Crippen LogP contribution in [0.25, 0.3) is 0 Å². The first-order chi connectivity index (χ1) is 11.1. The van der Waals surface area contributed by atoms with Crippen molar-refractivity contribution < 1.29 is 4.79 Å². The van der Waals surface area contributed by atoms with Crippen LogP contribution in [0.4, 0.5) is 11.5 Å². The largest absolute Gasteiger partial charge is 0.354 e. The molecule has 0 aromatic carbocycles. The molecule has 2 atom stereocenters. The number of carbonyl (C=O) groups is 1. The third kappa shape index (κ3) is 2.24. The molecule has 1 amide bonds. The molecule has 2 saturated heterocycles. The fraction of sp³-hybridized carbons (Fsp3) is 0.471. The van der Waals surface area contributed by atoms with Gasteiger partial charge in [-0.05, 0) is 42.8 Å². The molecule has 2 aliphatic rings. The molecule has 0 unspecified atom stereocenters. The van der Waals surface area contributed by atoms with Gasteiger partial charge in [-0.15, -0.1) is 5.10 Å². The Morgan fingerprint density at radius 1 is 1.30 bits per heavy atom. The van der Waals surface area contributed by atoms with Crippen LogP contribution in [-0.4, -0.2) is 35.7 Å². The predicted octanol–water partition coefficient (Wildman–Crippen LogP) is 2.73. The second-order valence-corrected chi connectivity index (χ2v) is 7.44. The molecule has 0 radical (unpaired) electrons. The maximum absolute atomic E-state index is 13.1. The number of rotatable bonds is 2. The van der Waals surface area contributed by atoms with Crippen LogP contribution >= 0.6 is 11.3 Å². The highest BCUT2D eigenvalue weighted by Crippen LogP contribution is 2.46. The Balaban J connectivity index is 1.60. The molecule has 0 bridgehead atoms. The van der Waals surface area contributed by atoms with Crippen molar-refractivity contribution in [3.05, 3.63) is 34.7 Å². The smallest absolute Gasteiger partial charge is 0.235 e. The minimum atomic E-state index is -0.283. The molecule has 4 heterocycles. The highest BCUT2D eigenvalue weighted by molar-refractivity contribution is 7.08. The van der Waals surface area contributed by atoms with Gasteiger partial charge in [-0.1, -0.05) is 6.92 Å². The number of hydrogen-bond acceptors (Lipinski definition) is 5. The number of carbonyl (C=O) groups excluding carboxylic acids is 1. The average Bonchev–Trinajstić information content (AvgIpc) is 3.24. The molecule has 2 fully saturated rings.